The number of unbranched alkanes of at least 4 members (excludes halogenated alkanes) is 24. The summed E-state index contributed by atoms with van der Waals surface area (Å²) in [6.45, 7) is 4.53. The number of aliphatic hydroxyl groups excluding tert-OH is 1. The summed E-state index contributed by atoms with van der Waals surface area (Å²) in [5, 5.41) is 10.7. The van der Waals surface area contributed by atoms with Crippen LogP contribution in [-0.4, -0.2) is 62.5 Å². The molecule has 4 N–H and O–H groups in total. The SMILES string of the molecule is CCCCCCCCCCCCCCCC(=O)C(O)C(C(=O)CCCCCCCCCCCCCCC)N(C)C.O=P(O)(O)O. The van der Waals surface area contributed by atoms with Crippen molar-refractivity contribution < 1.29 is 33.9 Å². The van der Waals surface area contributed by atoms with Crippen molar-refractivity contribution in [3.8, 4) is 0 Å². The van der Waals surface area contributed by atoms with Crippen molar-refractivity contribution in [2.45, 2.75) is 206 Å². The zero-order valence-corrected chi connectivity index (χ0v) is 30.8. The lowest BCUT2D eigenvalue weighted by atomic mass is 9.94. The Labute approximate surface area is 277 Å². The number of rotatable bonds is 32. The molecule has 270 valence electrons. The van der Waals surface area contributed by atoms with E-state index < -0.39 is 20.0 Å². The van der Waals surface area contributed by atoms with Gasteiger partial charge in [-0.25, -0.2) is 4.57 Å². The minimum atomic E-state index is -4.64. The molecule has 0 aromatic rings. The van der Waals surface area contributed by atoms with E-state index in [1.165, 1.54) is 135 Å². The standard InChI is InChI=1S/C36H71NO3.H3O4P/c1-5-7-9-11-13-15-17-19-21-23-25-27-29-31-33(38)35(37(3)4)36(40)34(39)32-30-28-26-24-22-20-18-16-14-12-10-8-6-2;1-5(2,3)4/h35-36,40H,5-32H2,1-4H3;(H3,1,2,3,4). The zero-order valence-electron chi connectivity index (χ0n) is 29.9. The third-order valence-electron chi connectivity index (χ3n) is 8.57. The highest BCUT2D eigenvalue weighted by Gasteiger charge is 2.32. The number of carbonyl (C=O) groups excluding carboxylic acids is 2. The van der Waals surface area contributed by atoms with Gasteiger partial charge in [-0.1, -0.05) is 168 Å². The number of likely N-dealkylation sites (N-methyl/N-ethyl adjacent to an activating group) is 1. The third kappa shape index (κ3) is 36.1. The van der Waals surface area contributed by atoms with Gasteiger partial charge in [0.15, 0.2) is 11.6 Å². The maximum absolute atomic E-state index is 12.9. The molecule has 0 aliphatic rings. The van der Waals surface area contributed by atoms with Gasteiger partial charge in [0.1, 0.15) is 12.1 Å². The van der Waals surface area contributed by atoms with E-state index in [-0.39, 0.29) is 11.6 Å². The van der Waals surface area contributed by atoms with Gasteiger partial charge < -0.3 is 19.8 Å². The van der Waals surface area contributed by atoms with Gasteiger partial charge in [0.25, 0.3) is 0 Å². The first-order valence-electron chi connectivity index (χ1n) is 18.6. The molecule has 0 saturated carbocycles. The number of carbonyl (C=O) groups is 2. The fourth-order valence-corrected chi connectivity index (χ4v) is 5.85. The van der Waals surface area contributed by atoms with Crippen molar-refractivity contribution >= 4 is 19.4 Å². The summed E-state index contributed by atoms with van der Waals surface area (Å²) in [4.78, 5) is 48.8. The van der Waals surface area contributed by atoms with E-state index in [4.69, 9.17) is 19.2 Å². The average molecular weight is 664 g/mol. The number of hydrogen-bond donors (Lipinski definition) is 4. The second kappa shape index (κ2) is 33.3. The molecular formula is C36H74NO7P. The first-order valence-corrected chi connectivity index (χ1v) is 20.2. The van der Waals surface area contributed by atoms with Crippen molar-refractivity contribution in [3.05, 3.63) is 0 Å². The Morgan fingerprint density at radius 1 is 0.489 bits per heavy atom. The summed E-state index contributed by atoms with van der Waals surface area (Å²) in [5.74, 6) is -0.153. The predicted molar refractivity (Wildman–Crippen MR) is 188 cm³/mol. The number of Topliss-reactive ketones (excluding diaryl/α,β-unsaturated/α-hetero) is 2. The fourth-order valence-electron chi connectivity index (χ4n) is 5.85. The highest BCUT2D eigenvalue weighted by Crippen LogP contribution is 2.26. The largest absolute Gasteiger partial charge is 0.466 e. The molecule has 0 fully saturated rings. The molecule has 0 aliphatic heterocycles. The Morgan fingerprint density at radius 2 is 0.711 bits per heavy atom. The molecule has 0 aliphatic carbocycles. The molecule has 0 aromatic heterocycles. The van der Waals surface area contributed by atoms with Gasteiger partial charge in [0.2, 0.25) is 0 Å². The number of nitrogens with zero attached hydrogens (tertiary/aromatic N) is 1. The molecular weight excluding hydrogens is 589 g/mol. The van der Waals surface area contributed by atoms with Crippen LogP contribution in [0.3, 0.4) is 0 Å². The Morgan fingerprint density at radius 3 is 0.956 bits per heavy atom. The van der Waals surface area contributed by atoms with Gasteiger partial charge in [-0.2, -0.15) is 0 Å². The van der Waals surface area contributed by atoms with Crippen LogP contribution in [0.15, 0.2) is 0 Å². The van der Waals surface area contributed by atoms with Gasteiger partial charge in [-0.05, 0) is 26.9 Å². The van der Waals surface area contributed by atoms with E-state index in [0.29, 0.717) is 12.8 Å². The summed E-state index contributed by atoms with van der Waals surface area (Å²) in [6.07, 6.45) is 32.8. The number of aliphatic hydroxyl groups is 1. The van der Waals surface area contributed by atoms with E-state index >= 15 is 0 Å². The van der Waals surface area contributed by atoms with E-state index in [1.807, 2.05) is 0 Å². The summed E-state index contributed by atoms with van der Waals surface area (Å²) >= 11 is 0. The molecule has 2 atom stereocenters. The van der Waals surface area contributed by atoms with Crippen LogP contribution in [0, 0.1) is 0 Å². The van der Waals surface area contributed by atoms with Gasteiger partial charge >= 0.3 is 7.82 Å². The van der Waals surface area contributed by atoms with Crippen LogP contribution in [0.4, 0.5) is 0 Å². The Balaban J connectivity index is 0. The van der Waals surface area contributed by atoms with Crippen LogP contribution in [0.1, 0.15) is 194 Å². The molecule has 0 saturated heterocycles. The Kier molecular flexibility index (Phi) is 34.4. The lowest BCUT2D eigenvalue weighted by molar-refractivity contribution is -0.138. The molecule has 0 aromatic carbocycles. The summed E-state index contributed by atoms with van der Waals surface area (Å²) in [5.41, 5.74) is 0. The third-order valence-corrected chi connectivity index (χ3v) is 8.57. The molecule has 0 heterocycles. The lowest BCUT2D eigenvalue weighted by Gasteiger charge is -2.27. The lowest BCUT2D eigenvalue weighted by Crippen LogP contribution is -2.48. The van der Waals surface area contributed by atoms with E-state index in [0.717, 1.165) is 32.1 Å². The van der Waals surface area contributed by atoms with Crippen molar-refractivity contribution in [2.75, 3.05) is 14.1 Å². The van der Waals surface area contributed by atoms with E-state index in [2.05, 4.69) is 13.8 Å². The van der Waals surface area contributed by atoms with Crippen LogP contribution >= 0.6 is 7.82 Å². The van der Waals surface area contributed by atoms with Crippen molar-refractivity contribution in [1.29, 1.82) is 0 Å². The number of ketones is 2. The molecule has 0 spiro atoms. The Bertz CT molecular complexity index is 705. The minimum absolute atomic E-state index is 0.0132. The molecule has 9 heteroatoms. The van der Waals surface area contributed by atoms with Gasteiger partial charge in [-0.15, -0.1) is 0 Å². The second-order valence-electron chi connectivity index (χ2n) is 13.3. The highest BCUT2D eigenvalue weighted by molar-refractivity contribution is 7.45. The minimum Gasteiger partial charge on any atom is -0.383 e. The smallest absolute Gasteiger partial charge is 0.383 e. The van der Waals surface area contributed by atoms with Crippen LogP contribution in [0.25, 0.3) is 0 Å². The van der Waals surface area contributed by atoms with Crippen LogP contribution < -0.4 is 0 Å². The first kappa shape index (κ1) is 46.5. The van der Waals surface area contributed by atoms with Crippen LogP contribution in [-0.2, 0) is 14.2 Å². The maximum atomic E-state index is 12.9. The molecule has 0 rings (SSSR count). The van der Waals surface area contributed by atoms with Crippen molar-refractivity contribution in [3.63, 3.8) is 0 Å². The maximum Gasteiger partial charge on any atom is 0.466 e. The topological polar surface area (TPSA) is 135 Å². The highest BCUT2D eigenvalue weighted by atomic mass is 31.2. The second-order valence-corrected chi connectivity index (χ2v) is 14.3. The van der Waals surface area contributed by atoms with Gasteiger partial charge in [0.05, 0.1) is 0 Å². The summed E-state index contributed by atoms with van der Waals surface area (Å²) < 4.78 is 8.88. The molecule has 0 radical (unpaired) electrons. The molecule has 2 unspecified atom stereocenters. The molecule has 45 heavy (non-hydrogen) atoms. The van der Waals surface area contributed by atoms with Gasteiger partial charge in [-0.3, -0.25) is 14.5 Å². The first-order chi connectivity index (χ1) is 21.5. The fraction of sp³-hybridized carbons (Fsp3) is 0.944. The molecule has 0 amide bonds. The summed E-state index contributed by atoms with van der Waals surface area (Å²) in [7, 11) is -1.04. The van der Waals surface area contributed by atoms with Crippen LogP contribution in [0.2, 0.25) is 0 Å². The quantitative estimate of drug-likeness (QED) is 0.0413. The normalized spacial score (nSPS) is 13.0. The molecule has 8 nitrogen and oxygen atoms in total. The van der Waals surface area contributed by atoms with Gasteiger partial charge in [0, 0.05) is 12.8 Å². The van der Waals surface area contributed by atoms with Crippen molar-refractivity contribution in [2.24, 2.45) is 0 Å². The average Bonchev–Trinajstić information content (AvgIpc) is 2.96. The van der Waals surface area contributed by atoms with Crippen molar-refractivity contribution in [1.82, 2.24) is 4.90 Å². The summed E-state index contributed by atoms with van der Waals surface area (Å²) in [6, 6.07) is -0.702. The van der Waals surface area contributed by atoms with Crippen LogP contribution in [0.5, 0.6) is 0 Å². The predicted octanol–water partition coefficient (Wildman–Crippen LogP) is 9.45. The van der Waals surface area contributed by atoms with E-state index in [9.17, 15) is 14.7 Å². The zero-order chi connectivity index (χ0) is 34.2. The Hall–Kier alpha value is -0.630. The number of phosphoric acid groups is 1. The molecule has 0 bridgehead atoms. The number of hydrogen-bond acceptors (Lipinski definition) is 5. The monoisotopic (exact) mass is 664 g/mol. The van der Waals surface area contributed by atoms with E-state index in [1.54, 1.807) is 19.0 Å².